The first-order valence-electron chi connectivity index (χ1n) is 7.14. The Bertz CT molecular complexity index is 876. The summed E-state index contributed by atoms with van der Waals surface area (Å²) in [5.41, 5.74) is 4.35. The Morgan fingerprint density at radius 3 is 2.41 bits per heavy atom. The van der Waals surface area contributed by atoms with Crippen molar-refractivity contribution >= 4 is 22.8 Å². The van der Waals surface area contributed by atoms with Crippen LogP contribution >= 0.6 is 0 Å². The molecule has 0 atom stereocenters. The summed E-state index contributed by atoms with van der Waals surface area (Å²) < 4.78 is 0. The summed E-state index contributed by atoms with van der Waals surface area (Å²) >= 11 is 0. The third kappa shape index (κ3) is 2.91. The van der Waals surface area contributed by atoms with Gasteiger partial charge < -0.3 is 5.11 Å². The zero-order valence-corrected chi connectivity index (χ0v) is 12.3. The lowest BCUT2D eigenvalue weighted by molar-refractivity contribution is -0.131. The van der Waals surface area contributed by atoms with Crippen molar-refractivity contribution in [1.29, 1.82) is 0 Å². The largest absolute Gasteiger partial charge is 0.478 e. The fourth-order valence-corrected chi connectivity index (χ4v) is 2.64. The summed E-state index contributed by atoms with van der Waals surface area (Å²) in [5, 5.41) is 11.2. The molecule has 0 amide bonds. The van der Waals surface area contributed by atoms with Crippen LogP contribution in [0.4, 0.5) is 0 Å². The molecular weight excluding hydrogens is 272 g/mol. The van der Waals surface area contributed by atoms with Gasteiger partial charge in [-0.3, -0.25) is 0 Å². The first-order chi connectivity index (χ1) is 10.6. The molecule has 0 spiro atoms. The van der Waals surface area contributed by atoms with Gasteiger partial charge in [0.15, 0.2) is 0 Å². The molecule has 0 unspecified atom stereocenters. The van der Waals surface area contributed by atoms with Crippen LogP contribution in [0.2, 0.25) is 0 Å². The van der Waals surface area contributed by atoms with Gasteiger partial charge in [-0.25, -0.2) is 4.79 Å². The van der Waals surface area contributed by atoms with Gasteiger partial charge in [0.25, 0.3) is 0 Å². The number of hydrogen-bond donors (Lipinski definition) is 1. The molecule has 2 nitrogen and oxygen atoms in total. The molecule has 0 saturated heterocycles. The third-order valence-corrected chi connectivity index (χ3v) is 3.71. The molecule has 0 fully saturated rings. The first-order valence-corrected chi connectivity index (χ1v) is 7.14. The average molecular weight is 288 g/mol. The van der Waals surface area contributed by atoms with Crippen molar-refractivity contribution in [2.24, 2.45) is 0 Å². The van der Waals surface area contributed by atoms with Crippen molar-refractivity contribution in [3.05, 3.63) is 77.9 Å². The van der Waals surface area contributed by atoms with Gasteiger partial charge in [-0.15, -0.1) is 0 Å². The molecule has 0 heterocycles. The number of carbonyl (C=O) groups is 1. The summed E-state index contributed by atoms with van der Waals surface area (Å²) in [6.45, 7) is 2.10. The Kier molecular flexibility index (Phi) is 3.75. The number of aliphatic carboxylic acids is 1. The van der Waals surface area contributed by atoms with Crippen LogP contribution in [0.3, 0.4) is 0 Å². The van der Waals surface area contributed by atoms with Gasteiger partial charge >= 0.3 is 5.97 Å². The topological polar surface area (TPSA) is 37.3 Å². The van der Waals surface area contributed by atoms with Crippen molar-refractivity contribution in [3.8, 4) is 11.1 Å². The van der Waals surface area contributed by atoms with E-state index in [4.69, 9.17) is 5.11 Å². The number of hydrogen-bond acceptors (Lipinski definition) is 1. The molecule has 108 valence electrons. The molecule has 0 aliphatic heterocycles. The SMILES string of the molecule is Cc1cc2ccccc2cc1-c1cccc(/C=C/C(=O)O)c1. The molecule has 3 aromatic carbocycles. The minimum Gasteiger partial charge on any atom is -0.478 e. The Morgan fingerprint density at radius 2 is 1.68 bits per heavy atom. The van der Waals surface area contributed by atoms with Crippen molar-refractivity contribution < 1.29 is 9.90 Å². The zero-order chi connectivity index (χ0) is 15.5. The minimum absolute atomic E-state index is 0.882. The van der Waals surface area contributed by atoms with E-state index >= 15 is 0 Å². The smallest absolute Gasteiger partial charge is 0.328 e. The number of fused-ring (bicyclic) bond motifs is 1. The second kappa shape index (κ2) is 5.86. The van der Waals surface area contributed by atoms with Crippen LogP contribution in [0.25, 0.3) is 28.0 Å². The minimum atomic E-state index is -0.938. The van der Waals surface area contributed by atoms with Crippen LogP contribution in [-0.2, 0) is 4.79 Å². The van der Waals surface area contributed by atoms with E-state index in [0.29, 0.717) is 0 Å². The number of carboxylic acids is 1. The van der Waals surface area contributed by atoms with Gasteiger partial charge in [0.2, 0.25) is 0 Å². The molecule has 0 saturated carbocycles. The number of benzene rings is 3. The summed E-state index contributed by atoms with van der Waals surface area (Å²) in [5.74, 6) is -0.938. The van der Waals surface area contributed by atoms with Crippen LogP contribution < -0.4 is 0 Å². The van der Waals surface area contributed by atoms with Crippen LogP contribution in [0.5, 0.6) is 0 Å². The molecular formula is C20H16O2. The molecule has 0 radical (unpaired) electrons. The van der Waals surface area contributed by atoms with E-state index in [1.165, 1.54) is 21.9 Å². The standard InChI is InChI=1S/C20H16O2/c1-14-11-16-6-2-3-7-17(16)13-19(14)18-8-4-5-15(12-18)9-10-20(21)22/h2-13H,1H3,(H,21,22)/b10-9+. The number of aryl methyl sites for hydroxylation is 1. The Balaban J connectivity index is 2.09. The monoisotopic (exact) mass is 288 g/mol. The molecule has 3 rings (SSSR count). The highest BCUT2D eigenvalue weighted by Crippen LogP contribution is 2.29. The number of carboxylic acid groups (broad SMARTS) is 1. The maximum absolute atomic E-state index is 10.6. The van der Waals surface area contributed by atoms with Gasteiger partial charge in [-0.05, 0) is 58.2 Å². The van der Waals surface area contributed by atoms with Crippen molar-refractivity contribution in [2.75, 3.05) is 0 Å². The van der Waals surface area contributed by atoms with Crippen molar-refractivity contribution in [2.45, 2.75) is 6.92 Å². The quantitative estimate of drug-likeness (QED) is 0.695. The predicted octanol–water partition coefficient (Wildman–Crippen LogP) is 4.91. The van der Waals surface area contributed by atoms with E-state index in [1.807, 2.05) is 30.3 Å². The maximum atomic E-state index is 10.6. The lowest BCUT2D eigenvalue weighted by Gasteiger charge is -2.09. The van der Waals surface area contributed by atoms with Crippen molar-refractivity contribution in [3.63, 3.8) is 0 Å². The van der Waals surface area contributed by atoms with Gasteiger partial charge in [0.05, 0.1) is 0 Å². The van der Waals surface area contributed by atoms with E-state index in [-0.39, 0.29) is 0 Å². The predicted molar refractivity (Wildman–Crippen MR) is 90.8 cm³/mol. The van der Waals surface area contributed by atoms with Crippen LogP contribution in [0.15, 0.2) is 66.7 Å². The van der Waals surface area contributed by atoms with Gasteiger partial charge in [-0.1, -0.05) is 48.5 Å². The van der Waals surface area contributed by atoms with Gasteiger partial charge in [0.1, 0.15) is 0 Å². The fourth-order valence-electron chi connectivity index (χ4n) is 2.64. The molecule has 0 aliphatic rings. The normalized spacial score (nSPS) is 11.1. The van der Waals surface area contributed by atoms with E-state index in [2.05, 4.69) is 37.3 Å². The molecule has 22 heavy (non-hydrogen) atoms. The van der Waals surface area contributed by atoms with Crippen LogP contribution in [-0.4, -0.2) is 11.1 Å². The highest BCUT2D eigenvalue weighted by molar-refractivity contribution is 5.90. The summed E-state index contributed by atoms with van der Waals surface area (Å²) in [4.78, 5) is 10.6. The second-order valence-corrected chi connectivity index (χ2v) is 5.31. The summed E-state index contributed by atoms with van der Waals surface area (Å²) in [6, 6.07) is 20.6. The lowest BCUT2D eigenvalue weighted by Crippen LogP contribution is -1.87. The van der Waals surface area contributed by atoms with E-state index in [0.717, 1.165) is 17.2 Å². The van der Waals surface area contributed by atoms with Gasteiger partial charge in [-0.2, -0.15) is 0 Å². The van der Waals surface area contributed by atoms with E-state index in [9.17, 15) is 4.79 Å². The molecule has 2 heteroatoms. The first kappa shape index (κ1) is 14.1. The third-order valence-electron chi connectivity index (χ3n) is 3.71. The Morgan fingerprint density at radius 1 is 0.955 bits per heavy atom. The average Bonchev–Trinajstić information content (AvgIpc) is 2.52. The molecule has 0 aromatic heterocycles. The van der Waals surface area contributed by atoms with Crippen LogP contribution in [0, 0.1) is 6.92 Å². The Hall–Kier alpha value is -2.87. The lowest BCUT2D eigenvalue weighted by atomic mass is 9.95. The van der Waals surface area contributed by atoms with Gasteiger partial charge in [0, 0.05) is 6.08 Å². The summed E-state index contributed by atoms with van der Waals surface area (Å²) in [7, 11) is 0. The summed E-state index contributed by atoms with van der Waals surface area (Å²) in [6.07, 6.45) is 2.77. The zero-order valence-electron chi connectivity index (χ0n) is 12.3. The van der Waals surface area contributed by atoms with Crippen LogP contribution in [0.1, 0.15) is 11.1 Å². The molecule has 0 aliphatic carbocycles. The van der Waals surface area contributed by atoms with E-state index < -0.39 is 5.97 Å². The molecule has 1 N–H and O–H groups in total. The highest BCUT2D eigenvalue weighted by atomic mass is 16.4. The number of rotatable bonds is 3. The van der Waals surface area contributed by atoms with Crippen molar-refractivity contribution in [1.82, 2.24) is 0 Å². The Labute approximate surface area is 129 Å². The maximum Gasteiger partial charge on any atom is 0.328 e. The molecule has 3 aromatic rings. The van der Waals surface area contributed by atoms with E-state index in [1.54, 1.807) is 6.08 Å². The fraction of sp³-hybridized carbons (Fsp3) is 0.0500. The second-order valence-electron chi connectivity index (χ2n) is 5.31. The molecule has 0 bridgehead atoms. The highest BCUT2D eigenvalue weighted by Gasteiger charge is 2.04.